The van der Waals surface area contributed by atoms with Crippen LogP contribution in [0, 0.1) is 5.41 Å². The van der Waals surface area contributed by atoms with Crippen LogP contribution in [-0.2, 0) is 0 Å². The molecule has 20 heavy (non-hydrogen) atoms. The van der Waals surface area contributed by atoms with Crippen molar-refractivity contribution in [3.63, 3.8) is 0 Å². The molecule has 0 spiro atoms. The Morgan fingerprint density at radius 2 is 1.95 bits per heavy atom. The molecule has 2 nitrogen and oxygen atoms in total. The van der Waals surface area contributed by atoms with Gasteiger partial charge in [0.15, 0.2) is 0 Å². The molecule has 0 saturated carbocycles. The molecule has 1 aliphatic heterocycles. The normalized spacial score (nSPS) is 20.4. The van der Waals surface area contributed by atoms with Gasteiger partial charge < -0.3 is 10.6 Å². The van der Waals surface area contributed by atoms with Crippen molar-refractivity contribution in [2.75, 3.05) is 26.2 Å². The molecule has 2 N–H and O–H groups in total. The predicted molar refractivity (Wildman–Crippen MR) is 86.9 cm³/mol. The molecular weight excluding hydrogens is 244 g/mol. The van der Waals surface area contributed by atoms with Crippen molar-refractivity contribution in [3.05, 3.63) is 35.9 Å². The van der Waals surface area contributed by atoms with Crippen molar-refractivity contribution >= 4 is 0 Å². The maximum Gasteiger partial charge on any atom is 0.00507 e. The lowest BCUT2D eigenvalue weighted by molar-refractivity contribution is 0.262. The summed E-state index contributed by atoms with van der Waals surface area (Å²) in [6, 6.07) is 11.0. The van der Waals surface area contributed by atoms with Crippen molar-refractivity contribution in [2.45, 2.75) is 45.4 Å². The zero-order valence-corrected chi connectivity index (χ0v) is 13.1. The number of nitrogens with zero attached hydrogens (tertiary/aromatic N) is 1. The Labute approximate surface area is 124 Å². The molecular formula is C18H30N2. The van der Waals surface area contributed by atoms with Gasteiger partial charge in [0.25, 0.3) is 0 Å². The molecule has 1 aliphatic rings. The second kappa shape index (κ2) is 7.24. The van der Waals surface area contributed by atoms with Crippen molar-refractivity contribution in [3.8, 4) is 0 Å². The van der Waals surface area contributed by atoms with Gasteiger partial charge in [0.05, 0.1) is 0 Å². The molecule has 0 amide bonds. The highest BCUT2D eigenvalue weighted by Gasteiger charge is 2.24. The maximum absolute atomic E-state index is 5.68. The molecule has 2 heteroatoms. The van der Waals surface area contributed by atoms with Crippen molar-refractivity contribution in [2.24, 2.45) is 11.1 Å². The van der Waals surface area contributed by atoms with Crippen LogP contribution in [0.15, 0.2) is 30.3 Å². The topological polar surface area (TPSA) is 29.3 Å². The predicted octanol–water partition coefficient (Wildman–Crippen LogP) is 3.63. The molecule has 0 aromatic heterocycles. The molecule has 0 aliphatic carbocycles. The standard InChI is InChI=1S/C18H30N2/c1-18(2,11-12-19)10-6-13-20-14-9-17(15-20)16-7-4-3-5-8-16/h3-5,7-8,17H,6,9-15,19H2,1-2H3. The molecule has 1 aromatic rings. The van der Waals surface area contributed by atoms with Crippen LogP contribution in [0.25, 0.3) is 0 Å². The van der Waals surface area contributed by atoms with Crippen molar-refractivity contribution in [1.29, 1.82) is 0 Å². The largest absolute Gasteiger partial charge is 0.330 e. The average molecular weight is 274 g/mol. The monoisotopic (exact) mass is 274 g/mol. The fourth-order valence-corrected chi connectivity index (χ4v) is 3.33. The van der Waals surface area contributed by atoms with Gasteiger partial charge in [-0.1, -0.05) is 44.2 Å². The quantitative estimate of drug-likeness (QED) is 0.822. The highest BCUT2D eigenvalue weighted by Crippen LogP contribution is 2.29. The lowest BCUT2D eigenvalue weighted by Gasteiger charge is -2.25. The smallest absolute Gasteiger partial charge is 0.00507 e. The Hall–Kier alpha value is -0.860. The molecule has 0 radical (unpaired) electrons. The lowest BCUT2D eigenvalue weighted by atomic mass is 9.84. The SMILES string of the molecule is CC(C)(CCN)CCCN1CCC(c2ccccc2)C1. The van der Waals surface area contributed by atoms with E-state index in [9.17, 15) is 0 Å². The van der Waals surface area contributed by atoms with Crippen LogP contribution < -0.4 is 5.73 Å². The Morgan fingerprint density at radius 1 is 1.20 bits per heavy atom. The molecule has 0 bridgehead atoms. The summed E-state index contributed by atoms with van der Waals surface area (Å²) >= 11 is 0. The third-order valence-corrected chi connectivity index (χ3v) is 4.69. The lowest BCUT2D eigenvalue weighted by Crippen LogP contribution is -2.24. The second-order valence-corrected chi connectivity index (χ2v) is 7.00. The van der Waals surface area contributed by atoms with E-state index in [1.54, 1.807) is 0 Å². The molecule has 1 saturated heterocycles. The summed E-state index contributed by atoms with van der Waals surface area (Å²) in [5.41, 5.74) is 7.60. The van der Waals surface area contributed by atoms with E-state index in [0.29, 0.717) is 5.41 Å². The van der Waals surface area contributed by atoms with E-state index < -0.39 is 0 Å². The van der Waals surface area contributed by atoms with Crippen molar-refractivity contribution in [1.82, 2.24) is 4.90 Å². The van der Waals surface area contributed by atoms with E-state index >= 15 is 0 Å². The molecule has 112 valence electrons. The Bertz CT molecular complexity index is 386. The summed E-state index contributed by atoms with van der Waals surface area (Å²) in [5, 5.41) is 0. The van der Waals surface area contributed by atoms with Crippen LogP contribution in [0.4, 0.5) is 0 Å². The van der Waals surface area contributed by atoms with E-state index in [1.165, 1.54) is 44.5 Å². The number of rotatable bonds is 7. The number of hydrogen-bond acceptors (Lipinski definition) is 2. The number of nitrogens with two attached hydrogens (primary N) is 1. The summed E-state index contributed by atoms with van der Waals surface area (Å²) < 4.78 is 0. The van der Waals surface area contributed by atoms with E-state index in [4.69, 9.17) is 5.73 Å². The van der Waals surface area contributed by atoms with E-state index in [0.717, 1.165) is 18.9 Å². The number of benzene rings is 1. The van der Waals surface area contributed by atoms with Gasteiger partial charge in [-0.05, 0) is 62.2 Å². The summed E-state index contributed by atoms with van der Waals surface area (Å²) in [5.74, 6) is 0.744. The van der Waals surface area contributed by atoms with Gasteiger partial charge in [0, 0.05) is 6.54 Å². The van der Waals surface area contributed by atoms with E-state index in [-0.39, 0.29) is 0 Å². The highest BCUT2D eigenvalue weighted by atomic mass is 15.1. The summed E-state index contributed by atoms with van der Waals surface area (Å²) in [7, 11) is 0. The van der Waals surface area contributed by atoms with Gasteiger partial charge in [0.1, 0.15) is 0 Å². The van der Waals surface area contributed by atoms with E-state index in [2.05, 4.69) is 49.1 Å². The first kappa shape index (κ1) is 15.5. The average Bonchev–Trinajstić information content (AvgIpc) is 2.88. The Morgan fingerprint density at radius 3 is 2.65 bits per heavy atom. The van der Waals surface area contributed by atoms with Gasteiger partial charge in [-0.3, -0.25) is 0 Å². The zero-order valence-electron chi connectivity index (χ0n) is 13.1. The van der Waals surface area contributed by atoms with Gasteiger partial charge >= 0.3 is 0 Å². The molecule has 1 heterocycles. The maximum atomic E-state index is 5.68. The van der Waals surface area contributed by atoms with Crippen LogP contribution in [0.5, 0.6) is 0 Å². The molecule has 2 rings (SSSR count). The first-order valence-electron chi connectivity index (χ1n) is 8.08. The molecule has 1 atom stereocenters. The van der Waals surface area contributed by atoms with Gasteiger partial charge in [-0.2, -0.15) is 0 Å². The minimum Gasteiger partial charge on any atom is -0.330 e. The first-order chi connectivity index (χ1) is 9.61. The van der Waals surface area contributed by atoms with Crippen LogP contribution in [0.3, 0.4) is 0 Å². The van der Waals surface area contributed by atoms with Crippen molar-refractivity contribution < 1.29 is 0 Å². The number of likely N-dealkylation sites (tertiary alicyclic amines) is 1. The van der Waals surface area contributed by atoms with Crippen LogP contribution in [0.1, 0.15) is 51.0 Å². The summed E-state index contributed by atoms with van der Waals surface area (Å²) in [6.45, 7) is 9.25. The molecule has 1 fully saturated rings. The zero-order chi connectivity index (χ0) is 14.4. The Balaban J connectivity index is 1.72. The van der Waals surface area contributed by atoms with Crippen LogP contribution >= 0.6 is 0 Å². The third kappa shape index (κ3) is 4.60. The third-order valence-electron chi connectivity index (χ3n) is 4.69. The highest BCUT2D eigenvalue weighted by molar-refractivity contribution is 5.20. The first-order valence-corrected chi connectivity index (χ1v) is 8.08. The van der Waals surface area contributed by atoms with Gasteiger partial charge in [0.2, 0.25) is 0 Å². The van der Waals surface area contributed by atoms with Crippen LogP contribution in [-0.4, -0.2) is 31.1 Å². The van der Waals surface area contributed by atoms with Gasteiger partial charge in [-0.25, -0.2) is 0 Å². The summed E-state index contributed by atoms with van der Waals surface area (Å²) in [6.07, 6.45) is 5.04. The fraction of sp³-hybridized carbons (Fsp3) is 0.667. The minimum absolute atomic E-state index is 0.410. The fourth-order valence-electron chi connectivity index (χ4n) is 3.33. The van der Waals surface area contributed by atoms with Gasteiger partial charge in [-0.15, -0.1) is 0 Å². The van der Waals surface area contributed by atoms with E-state index in [1.807, 2.05) is 0 Å². The van der Waals surface area contributed by atoms with Crippen LogP contribution in [0.2, 0.25) is 0 Å². The number of hydrogen-bond donors (Lipinski definition) is 1. The molecule has 1 unspecified atom stereocenters. The minimum atomic E-state index is 0.410. The summed E-state index contributed by atoms with van der Waals surface area (Å²) in [4.78, 5) is 2.64. The molecule has 1 aromatic carbocycles. The second-order valence-electron chi connectivity index (χ2n) is 7.00. The Kier molecular flexibility index (Phi) is 5.62.